The third kappa shape index (κ3) is 5.09. The Morgan fingerprint density at radius 3 is 2.70 bits per heavy atom. The number of anilines is 2. The molecule has 3 N–H and O–H groups in total. The highest BCUT2D eigenvalue weighted by Crippen LogP contribution is 2.22. The van der Waals surface area contributed by atoms with Crippen molar-refractivity contribution >= 4 is 38.2 Å². The number of sulfonamides is 1. The zero-order chi connectivity index (χ0) is 19.3. The van der Waals surface area contributed by atoms with Crippen LogP contribution in [-0.4, -0.2) is 46.9 Å². The van der Waals surface area contributed by atoms with Crippen molar-refractivity contribution < 1.29 is 13.2 Å². The summed E-state index contributed by atoms with van der Waals surface area (Å²) in [6.45, 7) is 1.81. The van der Waals surface area contributed by atoms with Crippen molar-refractivity contribution in [2.75, 3.05) is 23.7 Å². The molecule has 0 atom stereocenters. The fraction of sp³-hybridized carbons (Fsp3) is 0.200. The third-order valence-corrected chi connectivity index (χ3v) is 6.11. The van der Waals surface area contributed by atoms with E-state index in [1.54, 1.807) is 6.07 Å². The second kappa shape index (κ2) is 8.24. The van der Waals surface area contributed by atoms with E-state index in [1.807, 2.05) is 29.1 Å². The Kier molecular flexibility index (Phi) is 5.78. The van der Waals surface area contributed by atoms with Gasteiger partial charge in [-0.15, -0.1) is 0 Å². The highest BCUT2D eigenvalue weighted by molar-refractivity contribution is 7.91. The van der Waals surface area contributed by atoms with Gasteiger partial charge in [-0.1, -0.05) is 11.3 Å². The predicted molar refractivity (Wildman–Crippen MR) is 101 cm³/mol. The third-order valence-electron chi connectivity index (χ3n) is 3.28. The molecule has 0 radical (unpaired) electrons. The van der Waals surface area contributed by atoms with Gasteiger partial charge in [-0.05, 0) is 12.1 Å². The van der Waals surface area contributed by atoms with Gasteiger partial charge in [0.15, 0.2) is 9.34 Å². The minimum Gasteiger partial charge on any atom is -0.369 e. The average molecular weight is 407 g/mol. The lowest BCUT2D eigenvalue weighted by Gasteiger charge is -2.08. The molecule has 0 spiro atoms. The molecule has 0 aliphatic carbocycles. The van der Waals surface area contributed by atoms with E-state index in [9.17, 15) is 13.2 Å². The summed E-state index contributed by atoms with van der Waals surface area (Å²) in [7, 11) is -3.70. The first-order valence-electron chi connectivity index (χ1n) is 7.86. The number of thiazole rings is 1. The smallest absolute Gasteiger partial charge is 0.251 e. The molecule has 3 aromatic rings. The predicted octanol–water partition coefficient (Wildman–Crippen LogP) is 1.07. The largest absolute Gasteiger partial charge is 0.369 e. The molecular formula is C15H17N7O3S2. The Morgan fingerprint density at radius 2 is 1.96 bits per heavy atom. The zero-order valence-electron chi connectivity index (χ0n) is 14.3. The summed E-state index contributed by atoms with van der Waals surface area (Å²) in [5, 5.41) is 5.73. The van der Waals surface area contributed by atoms with Crippen molar-refractivity contribution in [3.05, 3.63) is 43.1 Å². The van der Waals surface area contributed by atoms with E-state index in [2.05, 4.69) is 30.3 Å². The summed E-state index contributed by atoms with van der Waals surface area (Å²) in [5.41, 5.74) is 0. The number of rotatable bonds is 8. The minimum atomic E-state index is -3.70. The van der Waals surface area contributed by atoms with Gasteiger partial charge in [0.25, 0.3) is 10.0 Å². The van der Waals surface area contributed by atoms with Gasteiger partial charge < -0.3 is 15.2 Å². The molecule has 0 aliphatic rings. The van der Waals surface area contributed by atoms with Gasteiger partial charge in [0, 0.05) is 38.5 Å². The van der Waals surface area contributed by atoms with Crippen LogP contribution in [0.1, 0.15) is 6.92 Å². The van der Waals surface area contributed by atoms with Gasteiger partial charge >= 0.3 is 0 Å². The van der Waals surface area contributed by atoms with Gasteiger partial charge in [-0.2, -0.15) is 0 Å². The molecule has 3 heterocycles. The van der Waals surface area contributed by atoms with Crippen molar-refractivity contribution in [3.63, 3.8) is 0 Å². The SMILES string of the molecule is CC(=O)Nc1ncc(S(=O)(=O)NCCNc2cc(-n3cccc3)ncn2)s1. The van der Waals surface area contributed by atoms with Gasteiger partial charge in [0.05, 0.1) is 6.20 Å². The maximum atomic E-state index is 12.2. The Hall–Kier alpha value is -2.83. The van der Waals surface area contributed by atoms with Crippen LogP contribution in [-0.2, 0) is 14.8 Å². The summed E-state index contributed by atoms with van der Waals surface area (Å²) in [6, 6.07) is 5.54. The molecule has 0 saturated carbocycles. The van der Waals surface area contributed by atoms with Crippen LogP contribution in [0.5, 0.6) is 0 Å². The van der Waals surface area contributed by atoms with E-state index in [0.717, 1.165) is 11.3 Å². The molecular weight excluding hydrogens is 390 g/mol. The number of hydrogen-bond donors (Lipinski definition) is 3. The van der Waals surface area contributed by atoms with Gasteiger partial charge in [-0.3, -0.25) is 4.79 Å². The van der Waals surface area contributed by atoms with Crippen molar-refractivity contribution in [3.8, 4) is 5.82 Å². The van der Waals surface area contributed by atoms with E-state index in [1.165, 1.54) is 19.4 Å². The van der Waals surface area contributed by atoms with Crippen molar-refractivity contribution in [1.29, 1.82) is 0 Å². The second-order valence-corrected chi connectivity index (χ2v) is 8.37. The molecule has 3 rings (SSSR count). The number of carbonyl (C=O) groups excluding carboxylic acids is 1. The number of amides is 1. The quantitative estimate of drug-likeness (QED) is 0.476. The Labute approximate surface area is 159 Å². The van der Waals surface area contributed by atoms with E-state index in [0.29, 0.717) is 18.2 Å². The highest BCUT2D eigenvalue weighted by atomic mass is 32.2. The van der Waals surface area contributed by atoms with Crippen LogP contribution in [0.25, 0.3) is 5.82 Å². The van der Waals surface area contributed by atoms with Gasteiger partial charge in [0.1, 0.15) is 18.0 Å². The topological polar surface area (TPSA) is 131 Å². The molecule has 3 aromatic heterocycles. The number of nitrogens with one attached hydrogen (secondary N) is 3. The number of nitrogens with zero attached hydrogens (tertiary/aromatic N) is 4. The van der Waals surface area contributed by atoms with Crippen LogP contribution in [0.2, 0.25) is 0 Å². The normalized spacial score (nSPS) is 11.3. The minimum absolute atomic E-state index is 0.0307. The Bertz CT molecular complexity index is 1020. The summed E-state index contributed by atoms with van der Waals surface area (Å²) in [4.78, 5) is 23.1. The first-order chi connectivity index (χ1) is 12.9. The number of aromatic nitrogens is 4. The molecule has 0 saturated heterocycles. The number of hydrogen-bond acceptors (Lipinski definition) is 8. The van der Waals surface area contributed by atoms with E-state index in [4.69, 9.17) is 0 Å². The standard InChI is InChI=1S/C15H17N7O3S2/c1-11(23)21-15-17-9-14(26-15)27(24,25)20-5-4-16-12-8-13(19-10-18-12)22-6-2-3-7-22/h2-3,6-10,20H,4-5H2,1H3,(H,16,18,19)(H,17,21,23). The fourth-order valence-electron chi connectivity index (χ4n) is 2.11. The van der Waals surface area contributed by atoms with Gasteiger partial charge in [0.2, 0.25) is 5.91 Å². The maximum absolute atomic E-state index is 12.2. The Morgan fingerprint density at radius 1 is 1.19 bits per heavy atom. The van der Waals surface area contributed by atoms with Crippen LogP contribution in [0, 0.1) is 0 Å². The number of carbonyl (C=O) groups is 1. The van der Waals surface area contributed by atoms with E-state index < -0.39 is 10.0 Å². The van der Waals surface area contributed by atoms with Crippen LogP contribution < -0.4 is 15.4 Å². The monoisotopic (exact) mass is 407 g/mol. The lowest BCUT2D eigenvalue weighted by molar-refractivity contribution is -0.114. The average Bonchev–Trinajstić information content (AvgIpc) is 3.31. The summed E-state index contributed by atoms with van der Waals surface area (Å²) < 4.78 is 28.8. The Balaban J connectivity index is 1.53. The molecule has 1 amide bonds. The van der Waals surface area contributed by atoms with Crippen molar-refractivity contribution in [2.45, 2.75) is 11.1 Å². The summed E-state index contributed by atoms with van der Waals surface area (Å²) >= 11 is 0.886. The first kappa shape index (κ1) is 18.9. The first-order valence-corrected chi connectivity index (χ1v) is 10.2. The molecule has 142 valence electrons. The van der Waals surface area contributed by atoms with Crippen LogP contribution in [0.15, 0.2) is 47.3 Å². The summed E-state index contributed by atoms with van der Waals surface area (Å²) in [6.07, 6.45) is 6.37. The highest BCUT2D eigenvalue weighted by Gasteiger charge is 2.17. The second-order valence-electron chi connectivity index (χ2n) is 5.34. The van der Waals surface area contributed by atoms with Crippen LogP contribution in [0.4, 0.5) is 10.9 Å². The van der Waals surface area contributed by atoms with Crippen molar-refractivity contribution in [1.82, 2.24) is 24.2 Å². The molecule has 10 nitrogen and oxygen atoms in total. The maximum Gasteiger partial charge on any atom is 0.251 e. The van der Waals surface area contributed by atoms with E-state index >= 15 is 0 Å². The van der Waals surface area contributed by atoms with Crippen molar-refractivity contribution in [2.24, 2.45) is 0 Å². The lowest BCUT2D eigenvalue weighted by atomic mass is 10.5. The molecule has 0 aromatic carbocycles. The molecule has 27 heavy (non-hydrogen) atoms. The van der Waals surface area contributed by atoms with Crippen LogP contribution in [0.3, 0.4) is 0 Å². The molecule has 0 unspecified atom stereocenters. The molecule has 12 heteroatoms. The molecule has 0 fully saturated rings. The summed E-state index contributed by atoms with van der Waals surface area (Å²) in [5.74, 6) is 0.974. The lowest BCUT2D eigenvalue weighted by Crippen LogP contribution is -2.28. The van der Waals surface area contributed by atoms with Gasteiger partial charge in [-0.25, -0.2) is 28.1 Å². The fourth-order valence-corrected chi connectivity index (χ4v) is 4.26. The zero-order valence-corrected chi connectivity index (χ0v) is 15.9. The molecule has 0 bridgehead atoms. The molecule has 0 aliphatic heterocycles. The van der Waals surface area contributed by atoms with Crippen LogP contribution >= 0.6 is 11.3 Å². The van der Waals surface area contributed by atoms with E-state index in [-0.39, 0.29) is 21.8 Å².